The second-order valence-electron chi connectivity index (χ2n) is 4.97. The number of nitriles is 1. The molecular formula is C14H20N2O2. The first-order chi connectivity index (χ1) is 8.40. The summed E-state index contributed by atoms with van der Waals surface area (Å²) in [5.74, 6) is 1.25. The molecule has 98 valence electrons. The summed E-state index contributed by atoms with van der Waals surface area (Å²) >= 11 is 0. The van der Waals surface area contributed by atoms with Crippen LogP contribution < -0.4 is 9.47 Å². The van der Waals surface area contributed by atoms with Crippen molar-refractivity contribution in [3.63, 3.8) is 0 Å². The standard InChI is InChI=1S/C14H20N2O2/c1-14(2,16(3)4)10-18-13-8-12(17-5)7-6-11(13)9-15/h6-8H,10H2,1-5H3. The predicted molar refractivity (Wildman–Crippen MR) is 71.0 cm³/mol. The van der Waals surface area contributed by atoms with E-state index in [4.69, 9.17) is 14.7 Å². The fourth-order valence-corrected chi connectivity index (χ4v) is 1.22. The van der Waals surface area contributed by atoms with Crippen LogP contribution in [0.4, 0.5) is 0 Å². The second-order valence-corrected chi connectivity index (χ2v) is 4.97. The minimum atomic E-state index is -0.101. The van der Waals surface area contributed by atoms with Gasteiger partial charge in [-0.15, -0.1) is 0 Å². The van der Waals surface area contributed by atoms with Crippen LogP contribution in [0.3, 0.4) is 0 Å². The lowest BCUT2D eigenvalue weighted by Crippen LogP contribution is -2.43. The Morgan fingerprint density at radius 2 is 2.00 bits per heavy atom. The molecular weight excluding hydrogens is 228 g/mol. The first kappa shape index (κ1) is 14.3. The highest BCUT2D eigenvalue weighted by Crippen LogP contribution is 2.25. The van der Waals surface area contributed by atoms with Crippen molar-refractivity contribution in [2.45, 2.75) is 19.4 Å². The van der Waals surface area contributed by atoms with Gasteiger partial charge in [-0.2, -0.15) is 5.26 Å². The van der Waals surface area contributed by atoms with Gasteiger partial charge in [0.2, 0.25) is 0 Å². The lowest BCUT2D eigenvalue weighted by molar-refractivity contribution is 0.113. The smallest absolute Gasteiger partial charge is 0.140 e. The third-order valence-corrected chi connectivity index (χ3v) is 3.10. The number of rotatable bonds is 5. The molecule has 0 saturated carbocycles. The summed E-state index contributed by atoms with van der Waals surface area (Å²) in [6.07, 6.45) is 0. The van der Waals surface area contributed by atoms with Gasteiger partial charge in [-0.1, -0.05) is 0 Å². The van der Waals surface area contributed by atoms with Crippen LogP contribution in [-0.2, 0) is 0 Å². The number of benzene rings is 1. The quantitative estimate of drug-likeness (QED) is 0.802. The van der Waals surface area contributed by atoms with Crippen molar-refractivity contribution in [3.05, 3.63) is 23.8 Å². The average molecular weight is 248 g/mol. The van der Waals surface area contributed by atoms with Crippen LogP contribution in [-0.4, -0.2) is 38.3 Å². The number of nitrogens with zero attached hydrogens (tertiary/aromatic N) is 2. The van der Waals surface area contributed by atoms with Gasteiger partial charge in [0, 0.05) is 11.6 Å². The number of hydrogen-bond acceptors (Lipinski definition) is 4. The monoisotopic (exact) mass is 248 g/mol. The van der Waals surface area contributed by atoms with Crippen molar-refractivity contribution in [1.82, 2.24) is 4.90 Å². The highest BCUT2D eigenvalue weighted by Gasteiger charge is 2.22. The summed E-state index contributed by atoms with van der Waals surface area (Å²) in [6, 6.07) is 7.32. The van der Waals surface area contributed by atoms with Crippen LogP contribution in [0, 0.1) is 11.3 Å². The third kappa shape index (κ3) is 3.38. The maximum absolute atomic E-state index is 9.04. The van der Waals surface area contributed by atoms with Crippen LogP contribution in [0.25, 0.3) is 0 Å². The Morgan fingerprint density at radius 3 is 2.50 bits per heavy atom. The van der Waals surface area contributed by atoms with E-state index in [1.165, 1.54) is 0 Å². The molecule has 0 fully saturated rings. The van der Waals surface area contributed by atoms with E-state index in [0.717, 1.165) is 0 Å². The normalized spacial score (nSPS) is 11.2. The summed E-state index contributed by atoms with van der Waals surface area (Å²) in [7, 11) is 5.59. The fourth-order valence-electron chi connectivity index (χ4n) is 1.22. The van der Waals surface area contributed by atoms with Crippen molar-refractivity contribution >= 4 is 0 Å². The summed E-state index contributed by atoms with van der Waals surface area (Å²) in [5, 5.41) is 9.04. The van der Waals surface area contributed by atoms with Crippen molar-refractivity contribution in [2.24, 2.45) is 0 Å². The van der Waals surface area contributed by atoms with Crippen LogP contribution >= 0.6 is 0 Å². The highest BCUT2D eigenvalue weighted by molar-refractivity contribution is 5.47. The van der Waals surface area contributed by atoms with Crippen LogP contribution in [0.2, 0.25) is 0 Å². The Labute approximate surface area is 109 Å². The molecule has 0 atom stereocenters. The largest absolute Gasteiger partial charge is 0.497 e. The lowest BCUT2D eigenvalue weighted by atomic mass is 10.1. The van der Waals surface area contributed by atoms with E-state index in [-0.39, 0.29) is 5.54 Å². The molecule has 0 aliphatic heterocycles. The average Bonchev–Trinajstić information content (AvgIpc) is 2.35. The molecule has 0 radical (unpaired) electrons. The van der Waals surface area contributed by atoms with E-state index in [1.807, 2.05) is 14.1 Å². The van der Waals surface area contributed by atoms with E-state index in [1.54, 1.807) is 25.3 Å². The molecule has 0 bridgehead atoms. The molecule has 4 heteroatoms. The van der Waals surface area contributed by atoms with Gasteiger partial charge in [0.05, 0.1) is 12.7 Å². The van der Waals surface area contributed by atoms with Gasteiger partial charge < -0.3 is 14.4 Å². The molecule has 0 spiro atoms. The van der Waals surface area contributed by atoms with Gasteiger partial charge in [-0.3, -0.25) is 0 Å². The SMILES string of the molecule is COc1ccc(C#N)c(OCC(C)(C)N(C)C)c1. The van der Waals surface area contributed by atoms with E-state index >= 15 is 0 Å². The molecule has 0 saturated heterocycles. The zero-order valence-electron chi connectivity index (χ0n) is 11.7. The van der Waals surface area contributed by atoms with Gasteiger partial charge in [-0.05, 0) is 40.1 Å². The molecule has 1 aromatic rings. The van der Waals surface area contributed by atoms with Crippen molar-refractivity contribution < 1.29 is 9.47 Å². The first-order valence-electron chi connectivity index (χ1n) is 5.79. The van der Waals surface area contributed by atoms with Gasteiger partial charge in [-0.25, -0.2) is 0 Å². The highest BCUT2D eigenvalue weighted by atomic mass is 16.5. The summed E-state index contributed by atoms with van der Waals surface area (Å²) in [6.45, 7) is 4.67. The molecule has 0 aliphatic carbocycles. The second kappa shape index (κ2) is 5.74. The predicted octanol–water partition coefficient (Wildman–Crippen LogP) is 2.29. The Balaban J connectivity index is 2.87. The summed E-state index contributed by atoms with van der Waals surface area (Å²) in [5.41, 5.74) is 0.417. The molecule has 0 aromatic heterocycles. The van der Waals surface area contributed by atoms with Crippen LogP contribution in [0.15, 0.2) is 18.2 Å². The van der Waals surface area contributed by atoms with Gasteiger partial charge in [0.25, 0.3) is 0 Å². The summed E-state index contributed by atoms with van der Waals surface area (Å²) in [4.78, 5) is 2.08. The minimum absolute atomic E-state index is 0.101. The van der Waals surface area contributed by atoms with E-state index < -0.39 is 0 Å². The fraction of sp³-hybridized carbons (Fsp3) is 0.500. The van der Waals surface area contributed by atoms with E-state index in [9.17, 15) is 0 Å². The molecule has 0 aliphatic rings. The Kier molecular flexibility index (Phi) is 4.57. The van der Waals surface area contributed by atoms with Crippen molar-refractivity contribution in [3.8, 4) is 17.6 Å². The van der Waals surface area contributed by atoms with Crippen LogP contribution in [0.5, 0.6) is 11.5 Å². The summed E-state index contributed by atoms with van der Waals surface area (Å²) < 4.78 is 10.9. The zero-order valence-corrected chi connectivity index (χ0v) is 11.7. The minimum Gasteiger partial charge on any atom is -0.497 e. The van der Waals surface area contributed by atoms with E-state index in [0.29, 0.717) is 23.7 Å². The van der Waals surface area contributed by atoms with Gasteiger partial charge >= 0.3 is 0 Å². The molecule has 1 aromatic carbocycles. The maximum Gasteiger partial charge on any atom is 0.140 e. The maximum atomic E-state index is 9.04. The van der Waals surface area contributed by atoms with Gasteiger partial charge in [0.1, 0.15) is 24.2 Å². The molecule has 4 nitrogen and oxygen atoms in total. The van der Waals surface area contributed by atoms with Crippen molar-refractivity contribution in [1.29, 1.82) is 5.26 Å². The number of hydrogen-bond donors (Lipinski definition) is 0. The van der Waals surface area contributed by atoms with Crippen LogP contribution in [0.1, 0.15) is 19.4 Å². The Bertz CT molecular complexity index is 448. The Hall–Kier alpha value is -1.73. The molecule has 0 heterocycles. The Morgan fingerprint density at radius 1 is 1.33 bits per heavy atom. The molecule has 1 rings (SSSR count). The topological polar surface area (TPSA) is 45.5 Å². The zero-order chi connectivity index (χ0) is 13.8. The third-order valence-electron chi connectivity index (χ3n) is 3.10. The van der Waals surface area contributed by atoms with E-state index in [2.05, 4.69) is 24.8 Å². The number of likely N-dealkylation sites (N-methyl/N-ethyl adjacent to an activating group) is 1. The van der Waals surface area contributed by atoms with Gasteiger partial charge in [0.15, 0.2) is 0 Å². The molecule has 0 N–H and O–H groups in total. The first-order valence-corrected chi connectivity index (χ1v) is 5.79. The molecule has 0 amide bonds. The molecule has 18 heavy (non-hydrogen) atoms. The number of methoxy groups -OCH3 is 1. The molecule has 0 unspecified atom stereocenters. The van der Waals surface area contributed by atoms with Crippen molar-refractivity contribution in [2.75, 3.05) is 27.8 Å². The lowest BCUT2D eigenvalue weighted by Gasteiger charge is -2.32. The number of ether oxygens (including phenoxy) is 2.